The first-order valence-electron chi connectivity index (χ1n) is 7.20. The zero-order chi connectivity index (χ0) is 14.1. The fourth-order valence-electron chi connectivity index (χ4n) is 2.09. The molecule has 108 valence electrons. The molecule has 0 fully saturated rings. The van der Waals surface area contributed by atoms with Crippen molar-refractivity contribution in [2.75, 3.05) is 33.4 Å². The van der Waals surface area contributed by atoms with E-state index in [1.165, 1.54) is 5.56 Å². The average molecular weight is 265 g/mol. The minimum absolute atomic E-state index is 0.282. The molecule has 0 aliphatic rings. The Labute approximate surface area is 117 Å². The summed E-state index contributed by atoms with van der Waals surface area (Å²) >= 11 is 0. The van der Waals surface area contributed by atoms with Crippen molar-refractivity contribution in [3.05, 3.63) is 29.8 Å². The Balaban J connectivity index is 2.35. The molecule has 0 saturated carbocycles. The standard InChI is InChI=1S/C16H27NO2/c1-4-14(13-18)12-17(3)11-10-15-6-8-16(9-7-15)19-5-2/h6-9,14,18H,4-5,10-13H2,1-3H3. The molecule has 0 saturated heterocycles. The molecule has 1 aromatic rings. The van der Waals surface area contributed by atoms with Crippen LogP contribution in [-0.4, -0.2) is 43.4 Å². The molecular formula is C16H27NO2. The maximum atomic E-state index is 9.20. The van der Waals surface area contributed by atoms with Gasteiger partial charge in [0.05, 0.1) is 6.61 Å². The molecule has 0 aliphatic heterocycles. The smallest absolute Gasteiger partial charge is 0.119 e. The van der Waals surface area contributed by atoms with Gasteiger partial charge < -0.3 is 14.7 Å². The third-order valence-corrected chi connectivity index (χ3v) is 3.42. The van der Waals surface area contributed by atoms with E-state index in [1.54, 1.807) is 0 Å². The lowest BCUT2D eigenvalue weighted by molar-refractivity contribution is 0.177. The summed E-state index contributed by atoms with van der Waals surface area (Å²) in [6.45, 7) is 7.09. The highest BCUT2D eigenvalue weighted by molar-refractivity contribution is 5.27. The second-order valence-corrected chi connectivity index (χ2v) is 5.05. The maximum Gasteiger partial charge on any atom is 0.119 e. The van der Waals surface area contributed by atoms with Crippen LogP contribution in [0.15, 0.2) is 24.3 Å². The Morgan fingerprint density at radius 1 is 1.21 bits per heavy atom. The molecule has 3 heteroatoms. The van der Waals surface area contributed by atoms with Gasteiger partial charge in [-0.15, -0.1) is 0 Å². The molecule has 1 N–H and O–H groups in total. The summed E-state index contributed by atoms with van der Waals surface area (Å²) in [7, 11) is 2.12. The molecule has 0 radical (unpaired) electrons. The number of aliphatic hydroxyl groups is 1. The highest BCUT2D eigenvalue weighted by atomic mass is 16.5. The molecule has 0 heterocycles. The topological polar surface area (TPSA) is 32.7 Å². The number of ether oxygens (including phenoxy) is 1. The van der Waals surface area contributed by atoms with E-state index in [1.807, 2.05) is 19.1 Å². The molecule has 0 aliphatic carbocycles. The largest absolute Gasteiger partial charge is 0.494 e. The van der Waals surface area contributed by atoms with E-state index in [-0.39, 0.29) is 6.61 Å². The number of nitrogens with zero attached hydrogens (tertiary/aromatic N) is 1. The van der Waals surface area contributed by atoms with Gasteiger partial charge in [0, 0.05) is 19.7 Å². The molecule has 0 amide bonds. The summed E-state index contributed by atoms with van der Waals surface area (Å²) < 4.78 is 5.43. The Morgan fingerprint density at radius 3 is 2.42 bits per heavy atom. The number of hydrogen-bond donors (Lipinski definition) is 1. The van der Waals surface area contributed by atoms with Crippen molar-refractivity contribution < 1.29 is 9.84 Å². The molecule has 0 spiro atoms. The SMILES string of the molecule is CCOc1ccc(CCN(C)CC(CC)CO)cc1. The molecule has 1 rings (SSSR count). The van der Waals surface area contributed by atoms with Crippen LogP contribution in [0.4, 0.5) is 0 Å². The molecule has 0 aromatic heterocycles. The van der Waals surface area contributed by atoms with E-state index >= 15 is 0 Å². The molecular weight excluding hydrogens is 238 g/mol. The van der Waals surface area contributed by atoms with E-state index in [0.717, 1.165) is 31.7 Å². The van der Waals surface area contributed by atoms with Gasteiger partial charge in [0.15, 0.2) is 0 Å². The van der Waals surface area contributed by atoms with E-state index in [2.05, 4.69) is 31.0 Å². The Kier molecular flexibility index (Phi) is 7.53. The number of likely N-dealkylation sites (N-methyl/N-ethyl adjacent to an activating group) is 1. The van der Waals surface area contributed by atoms with Crippen molar-refractivity contribution in [3.8, 4) is 5.75 Å². The zero-order valence-corrected chi connectivity index (χ0v) is 12.4. The minimum Gasteiger partial charge on any atom is -0.494 e. The summed E-state index contributed by atoms with van der Waals surface area (Å²) in [5.74, 6) is 1.33. The summed E-state index contributed by atoms with van der Waals surface area (Å²) in [5, 5.41) is 9.20. The van der Waals surface area contributed by atoms with Crippen LogP contribution < -0.4 is 4.74 Å². The van der Waals surface area contributed by atoms with Crippen molar-refractivity contribution in [1.82, 2.24) is 4.90 Å². The predicted octanol–water partition coefficient (Wildman–Crippen LogP) is 2.58. The minimum atomic E-state index is 0.282. The lowest BCUT2D eigenvalue weighted by atomic mass is 10.1. The van der Waals surface area contributed by atoms with Gasteiger partial charge in [0.2, 0.25) is 0 Å². The van der Waals surface area contributed by atoms with Crippen molar-refractivity contribution >= 4 is 0 Å². The first-order chi connectivity index (χ1) is 9.19. The van der Waals surface area contributed by atoms with E-state index in [0.29, 0.717) is 12.5 Å². The van der Waals surface area contributed by atoms with Gasteiger partial charge in [-0.2, -0.15) is 0 Å². The lowest BCUT2D eigenvalue weighted by Gasteiger charge is -2.21. The first-order valence-corrected chi connectivity index (χ1v) is 7.20. The van der Waals surface area contributed by atoms with Gasteiger partial charge in [-0.1, -0.05) is 19.1 Å². The molecule has 0 bridgehead atoms. The van der Waals surface area contributed by atoms with Crippen LogP contribution in [-0.2, 0) is 6.42 Å². The van der Waals surface area contributed by atoms with Crippen LogP contribution in [0.1, 0.15) is 25.8 Å². The van der Waals surface area contributed by atoms with Crippen LogP contribution in [0.25, 0.3) is 0 Å². The maximum absolute atomic E-state index is 9.20. The van der Waals surface area contributed by atoms with Crippen molar-refractivity contribution in [2.24, 2.45) is 5.92 Å². The van der Waals surface area contributed by atoms with Gasteiger partial charge >= 0.3 is 0 Å². The highest BCUT2D eigenvalue weighted by Crippen LogP contribution is 2.13. The van der Waals surface area contributed by atoms with Gasteiger partial charge in [-0.25, -0.2) is 0 Å². The highest BCUT2D eigenvalue weighted by Gasteiger charge is 2.08. The third-order valence-electron chi connectivity index (χ3n) is 3.42. The predicted molar refractivity (Wildman–Crippen MR) is 79.7 cm³/mol. The van der Waals surface area contributed by atoms with E-state index in [4.69, 9.17) is 4.74 Å². The van der Waals surface area contributed by atoms with Crippen molar-refractivity contribution in [2.45, 2.75) is 26.7 Å². The van der Waals surface area contributed by atoms with Gasteiger partial charge in [0.25, 0.3) is 0 Å². The number of aliphatic hydroxyl groups excluding tert-OH is 1. The van der Waals surface area contributed by atoms with E-state index in [9.17, 15) is 5.11 Å². The van der Waals surface area contributed by atoms with Gasteiger partial charge in [-0.05, 0) is 50.4 Å². The second-order valence-electron chi connectivity index (χ2n) is 5.05. The average Bonchev–Trinajstić information content (AvgIpc) is 2.44. The first kappa shape index (κ1) is 16.0. The number of benzene rings is 1. The summed E-state index contributed by atoms with van der Waals surface area (Å²) in [6, 6.07) is 8.31. The van der Waals surface area contributed by atoms with Crippen LogP contribution in [0.2, 0.25) is 0 Å². The number of rotatable bonds is 9. The Bertz CT molecular complexity index is 333. The van der Waals surface area contributed by atoms with Gasteiger partial charge in [-0.3, -0.25) is 0 Å². The fraction of sp³-hybridized carbons (Fsp3) is 0.625. The van der Waals surface area contributed by atoms with E-state index < -0.39 is 0 Å². The Morgan fingerprint density at radius 2 is 1.89 bits per heavy atom. The van der Waals surface area contributed by atoms with Crippen molar-refractivity contribution in [3.63, 3.8) is 0 Å². The number of hydrogen-bond acceptors (Lipinski definition) is 3. The fourth-order valence-corrected chi connectivity index (χ4v) is 2.09. The normalized spacial score (nSPS) is 12.7. The molecule has 1 aromatic carbocycles. The molecule has 19 heavy (non-hydrogen) atoms. The summed E-state index contributed by atoms with van der Waals surface area (Å²) in [6.07, 6.45) is 2.06. The monoisotopic (exact) mass is 265 g/mol. The van der Waals surface area contributed by atoms with Gasteiger partial charge in [0.1, 0.15) is 5.75 Å². The Hall–Kier alpha value is -1.06. The lowest BCUT2D eigenvalue weighted by Crippen LogP contribution is -2.29. The van der Waals surface area contributed by atoms with Crippen LogP contribution in [0, 0.1) is 5.92 Å². The van der Waals surface area contributed by atoms with Crippen LogP contribution in [0.3, 0.4) is 0 Å². The second kappa shape index (κ2) is 8.94. The molecule has 1 atom stereocenters. The zero-order valence-electron chi connectivity index (χ0n) is 12.4. The quantitative estimate of drug-likeness (QED) is 0.745. The molecule has 3 nitrogen and oxygen atoms in total. The molecule has 1 unspecified atom stereocenters. The van der Waals surface area contributed by atoms with Crippen LogP contribution >= 0.6 is 0 Å². The summed E-state index contributed by atoms with van der Waals surface area (Å²) in [5.41, 5.74) is 1.33. The third kappa shape index (κ3) is 6.08. The van der Waals surface area contributed by atoms with Crippen molar-refractivity contribution in [1.29, 1.82) is 0 Å². The summed E-state index contributed by atoms with van der Waals surface area (Å²) in [4.78, 5) is 2.29. The van der Waals surface area contributed by atoms with Crippen LogP contribution in [0.5, 0.6) is 5.75 Å².